The van der Waals surface area contributed by atoms with Crippen molar-refractivity contribution in [1.29, 1.82) is 0 Å². The predicted molar refractivity (Wildman–Crippen MR) is 76.9 cm³/mol. The van der Waals surface area contributed by atoms with Gasteiger partial charge >= 0.3 is 0 Å². The van der Waals surface area contributed by atoms with Gasteiger partial charge in [0.05, 0.1) is 7.11 Å². The van der Waals surface area contributed by atoms with Crippen LogP contribution in [0.4, 0.5) is 0 Å². The Kier molecular flexibility index (Phi) is 2.06. The number of fused-ring (bicyclic) bond motifs is 4. The summed E-state index contributed by atoms with van der Waals surface area (Å²) in [6, 6.07) is 18.5. The van der Waals surface area contributed by atoms with E-state index >= 15 is 0 Å². The molecule has 0 saturated heterocycles. The summed E-state index contributed by atoms with van der Waals surface area (Å²) in [6.45, 7) is 0. The van der Waals surface area contributed by atoms with Gasteiger partial charge in [0.25, 0.3) is 0 Å². The smallest absolute Gasteiger partial charge is 0.135 e. The third-order valence-corrected chi connectivity index (χ3v) is 3.54. The minimum Gasteiger partial charge on any atom is -0.497 e. The van der Waals surface area contributed by atoms with E-state index < -0.39 is 0 Å². The van der Waals surface area contributed by atoms with Gasteiger partial charge in [-0.15, -0.1) is 0 Å². The van der Waals surface area contributed by atoms with E-state index in [1.165, 1.54) is 10.8 Å². The van der Waals surface area contributed by atoms with E-state index in [9.17, 15) is 0 Å². The largest absolute Gasteiger partial charge is 0.497 e. The zero-order chi connectivity index (χ0) is 12.8. The lowest BCUT2D eigenvalue weighted by Crippen LogP contribution is -1.83. The Morgan fingerprint density at radius 2 is 1.79 bits per heavy atom. The zero-order valence-corrected chi connectivity index (χ0v) is 10.5. The summed E-state index contributed by atoms with van der Waals surface area (Å²) < 4.78 is 11.2. The molecule has 0 fully saturated rings. The van der Waals surface area contributed by atoms with Crippen LogP contribution in [0.15, 0.2) is 59.0 Å². The molecule has 2 aromatic rings. The lowest BCUT2D eigenvalue weighted by atomic mass is 10.1. The summed E-state index contributed by atoms with van der Waals surface area (Å²) in [5.74, 6) is 1.77. The van der Waals surface area contributed by atoms with Crippen LogP contribution < -0.4 is 4.74 Å². The van der Waals surface area contributed by atoms with Crippen molar-refractivity contribution >= 4 is 21.7 Å². The quantitative estimate of drug-likeness (QED) is 0.487. The summed E-state index contributed by atoms with van der Waals surface area (Å²) in [4.78, 5) is 0. The Hall–Kier alpha value is -2.48. The van der Waals surface area contributed by atoms with Gasteiger partial charge in [-0.25, -0.2) is 0 Å². The Morgan fingerprint density at radius 3 is 2.68 bits per heavy atom. The summed E-state index contributed by atoms with van der Waals surface area (Å²) in [5, 5.41) is 3.50. The minimum atomic E-state index is 0.845. The van der Waals surface area contributed by atoms with Crippen molar-refractivity contribution in [2.75, 3.05) is 7.11 Å². The van der Waals surface area contributed by atoms with Crippen molar-refractivity contribution in [2.45, 2.75) is 0 Å². The molecule has 1 heterocycles. The maximum absolute atomic E-state index is 5.98. The van der Waals surface area contributed by atoms with E-state index in [4.69, 9.17) is 9.15 Å². The van der Waals surface area contributed by atoms with Crippen molar-refractivity contribution in [3.63, 3.8) is 0 Å². The Labute approximate surface area is 110 Å². The van der Waals surface area contributed by atoms with Crippen LogP contribution in [0.5, 0.6) is 5.75 Å². The third kappa shape index (κ3) is 1.50. The van der Waals surface area contributed by atoms with Crippen molar-refractivity contribution in [1.82, 2.24) is 0 Å². The number of rotatable bonds is 1. The van der Waals surface area contributed by atoms with E-state index in [1.54, 1.807) is 7.11 Å². The average Bonchev–Trinajstić information content (AvgIpc) is 2.82. The van der Waals surface area contributed by atoms with Gasteiger partial charge in [-0.1, -0.05) is 24.3 Å². The second kappa shape index (κ2) is 3.75. The van der Waals surface area contributed by atoms with Crippen LogP contribution in [0.25, 0.3) is 33.1 Å². The lowest BCUT2D eigenvalue weighted by Gasteiger charge is -2.05. The van der Waals surface area contributed by atoms with Crippen molar-refractivity contribution in [3.8, 4) is 17.1 Å². The van der Waals surface area contributed by atoms with Gasteiger partial charge in [0.2, 0.25) is 0 Å². The zero-order valence-electron chi connectivity index (χ0n) is 10.5. The molecule has 2 heteroatoms. The van der Waals surface area contributed by atoms with Gasteiger partial charge in [-0.3, -0.25) is 0 Å². The van der Waals surface area contributed by atoms with E-state index in [0.717, 1.165) is 28.0 Å². The number of benzene rings is 2. The van der Waals surface area contributed by atoms with Crippen LogP contribution in [0, 0.1) is 0 Å². The Bertz CT molecular complexity index is 858. The first-order valence-corrected chi connectivity index (χ1v) is 6.24. The van der Waals surface area contributed by atoms with Crippen LogP contribution in [-0.2, 0) is 0 Å². The molecule has 0 bridgehead atoms. The molecule has 2 aromatic carbocycles. The third-order valence-electron chi connectivity index (χ3n) is 3.54. The molecule has 0 radical (unpaired) electrons. The van der Waals surface area contributed by atoms with Gasteiger partial charge in [-0.2, -0.15) is 0 Å². The van der Waals surface area contributed by atoms with Gasteiger partial charge in [0.15, 0.2) is 0 Å². The SMILES string of the molecule is COc1ccc2oc3cc4ccccc4c-3cc2c1. The van der Waals surface area contributed by atoms with Gasteiger partial charge in [0, 0.05) is 10.9 Å². The topological polar surface area (TPSA) is 22.4 Å². The number of methoxy groups -OCH3 is 1. The molecule has 2 nitrogen and oxygen atoms in total. The second-order valence-corrected chi connectivity index (χ2v) is 4.66. The molecule has 2 aliphatic rings. The van der Waals surface area contributed by atoms with Crippen molar-refractivity contribution < 1.29 is 9.15 Å². The molecular weight excluding hydrogens is 236 g/mol. The Balaban J connectivity index is 2.13. The summed E-state index contributed by atoms with van der Waals surface area (Å²) >= 11 is 0. The van der Waals surface area contributed by atoms with E-state index in [2.05, 4.69) is 30.3 Å². The molecule has 1 aliphatic carbocycles. The van der Waals surface area contributed by atoms with Crippen molar-refractivity contribution in [3.05, 3.63) is 54.6 Å². The summed E-state index contributed by atoms with van der Waals surface area (Å²) in [5.41, 5.74) is 2.03. The molecule has 92 valence electrons. The van der Waals surface area contributed by atoms with E-state index in [1.807, 2.05) is 24.3 Å². The molecule has 19 heavy (non-hydrogen) atoms. The van der Waals surface area contributed by atoms with Gasteiger partial charge in [0.1, 0.15) is 17.1 Å². The van der Waals surface area contributed by atoms with Gasteiger partial charge in [-0.05, 0) is 41.1 Å². The highest BCUT2D eigenvalue weighted by Gasteiger charge is 2.13. The minimum absolute atomic E-state index is 0.845. The van der Waals surface area contributed by atoms with Crippen LogP contribution in [-0.4, -0.2) is 7.11 Å². The Morgan fingerprint density at radius 1 is 0.895 bits per heavy atom. The normalized spacial score (nSPS) is 11.4. The number of hydrogen-bond donors (Lipinski definition) is 0. The molecule has 0 saturated carbocycles. The van der Waals surface area contributed by atoms with Crippen LogP contribution in [0.2, 0.25) is 0 Å². The maximum Gasteiger partial charge on any atom is 0.135 e. The first-order valence-electron chi connectivity index (χ1n) is 6.24. The fourth-order valence-corrected chi connectivity index (χ4v) is 2.59. The van der Waals surface area contributed by atoms with Crippen molar-refractivity contribution in [2.24, 2.45) is 0 Å². The van der Waals surface area contributed by atoms with Crippen LogP contribution in [0.1, 0.15) is 0 Å². The lowest BCUT2D eigenvalue weighted by molar-refractivity contribution is 0.415. The van der Waals surface area contributed by atoms with E-state index in [-0.39, 0.29) is 0 Å². The highest BCUT2D eigenvalue weighted by Crippen LogP contribution is 2.37. The average molecular weight is 248 g/mol. The molecule has 0 amide bonds. The number of hydrogen-bond acceptors (Lipinski definition) is 2. The molecule has 0 aromatic heterocycles. The molecule has 4 rings (SSSR count). The number of ether oxygens (including phenoxy) is 1. The fourth-order valence-electron chi connectivity index (χ4n) is 2.59. The molecule has 0 atom stereocenters. The highest BCUT2D eigenvalue weighted by molar-refractivity contribution is 6.03. The van der Waals surface area contributed by atoms with Crippen LogP contribution >= 0.6 is 0 Å². The molecular formula is C17H12O2. The summed E-state index contributed by atoms with van der Waals surface area (Å²) in [7, 11) is 1.68. The van der Waals surface area contributed by atoms with Gasteiger partial charge < -0.3 is 9.15 Å². The highest BCUT2D eigenvalue weighted by atomic mass is 16.5. The molecule has 0 N–H and O–H groups in total. The monoisotopic (exact) mass is 248 g/mol. The molecule has 0 spiro atoms. The maximum atomic E-state index is 5.98. The first kappa shape index (κ1) is 10.4. The standard InChI is InChI=1S/C17H12O2/c1-18-13-6-7-16-12(8-13)9-15-14-5-3-2-4-11(14)10-17(15)19-16/h2-10H,1H3. The van der Waals surface area contributed by atoms with E-state index in [0.29, 0.717) is 0 Å². The molecule has 1 aliphatic heterocycles. The summed E-state index contributed by atoms with van der Waals surface area (Å²) in [6.07, 6.45) is 0. The van der Waals surface area contributed by atoms with Crippen LogP contribution in [0.3, 0.4) is 0 Å². The fraction of sp³-hybridized carbons (Fsp3) is 0.0588. The second-order valence-electron chi connectivity index (χ2n) is 4.66. The first-order chi connectivity index (χ1) is 9.35. The molecule has 0 unspecified atom stereocenters. The predicted octanol–water partition coefficient (Wildman–Crippen LogP) is 4.70.